The molecule has 0 radical (unpaired) electrons. The number of aromatic nitrogens is 3. The monoisotopic (exact) mass is 335 g/mol. The predicted molar refractivity (Wildman–Crippen MR) is 88.9 cm³/mol. The third-order valence-electron chi connectivity index (χ3n) is 3.17. The molecule has 0 aliphatic rings. The van der Waals surface area contributed by atoms with Gasteiger partial charge in [-0.1, -0.05) is 53.5 Å². The molecule has 21 heavy (non-hydrogen) atoms. The summed E-state index contributed by atoms with van der Waals surface area (Å²) in [7, 11) is 0. The molecule has 1 N–H and O–H groups in total. The Bertz CT molecular complexity index is 853. The summed E-state index contributed by atoms with van der Waals surface area (Å²) in [5.41, 5.74) is 2.57. The number of halogens is 2. The Hall–Kier alpha value is -1.62. The normalized spacial score (nSPS) is 10.8. The lowest BCUT2D eigenvalue weighted by Crippen LogP contribution is -1.99. The van der Waals surface area contributed by atoms with E-state index in [9.17, 15) is 0 Å². The van der Waals surface area contributed by atoms with Crippen LogP contribution >= 0.6 is 35.4 Å². The molecule has 0 saturated carbocycles. The lowest BCUT2D eigenvalue weighted by atomic mass is 10.2. The van der Waals surface area contributed by atoms with Gasteiger partial charge in [0.15, 0.2) is 10.6 Å². The Morgan fingerprint density at radius 3 is 2.52 bits per heavy atom. The molecular formula is C15H11Cl2N3S. The summed E-state index contributed by atoms with van der Waals surface area (Å²) in [5.74, 6) is 0.697. The van der Waals surface area contributed by atoms with E-state index in [2.05, 4.69) is 10.2 Å². The van der Waals surface area contributed by atoms with Crippen molar-refractivity contribution in [1.29, 1.82) is 0 Å². The van der Waals surface area contributed by atoms with Crippen molar-refractivity contribution >= 4 is 35.4 Å². The van der Waals surface area contributed by atoms with E-state index < -0.39 is 0 Å². The van der Waals surface area contributed by atoms with Gasteiger partial charge in [-0.25, -0.2) is 0 Å². The van der Waals surface area contributed by atoms with Gasteiger partial charge in [-0.15, -0.1) is 0 Å². The molecule has 0 amide bonds. The van der Waals surface area contributed by atoms with Gasteiger partial charge in [0.25, 0.3) is 0 Å². The zero-order chi connectivity index (χ0) is 15.0. The maximum absolute atomic E-state index is 6.36. The highest BCUT2D eigenvalue weighted by Gasteiger charge is 2.14. The van der Waals surface area contributed by atoms with E-state index in [1.807, 2.05) is 43.3 Å². The number of H-pyrrole nitrogens is 1. The van der Waals surface area contributed by atoms with E-state index >= 15 is 0 Å². The van der Waals surface area contributed by atoms with Gasteiger partial charge in [0, 0.05) is 10.6 Å². The predicted octanol–water partition coefficient (Wildman–Crippen LogP) is 5.21. The van der Waals surface area contributed by atoms with Crippen molar-refractivity contribution in [3.8, 4) is 17.1 Å². The molecule has 0 bridgehead atoms. The quantitative estimate of drug-likeness (QED) is 0.652. The summed E-state index contributed by atoms with van der Waals surface area (Å²) in [6, 6.07) is 13.4. The van der Waals surface area contributed by atoms with Crippen LogP contribution in [0.2, 0.25) is 10.0 Å². The third-order valence-corrected chi connectivity index (χ3v) is 4.16. The summed E-state index contributed by atoms with van der Waals surface area (Å²) >= 11 is 17.9. The molecule has 3 nitrogen and oxygen atoms in total. The largest absolute Gasteiger partial charge is 0.267 e. The zero-order valence-electron chi connectivity index (χ0n) is 11.1. The summed E-state index contributed by atoms with van der Waals surface area (Å²) in [6.45, 7) is 1.91. The molecule has 106 valence electrons. The van der Waals surface area contributed by atoms with Crippen LogP contribution in [0.3, 0.4) is 0 Å². The third kappa shape index (κ3) is 2.62. The second-order valence-electron chi connectivity index (χ2n) is 4.61. The number of hydrogen-bond acceptors (Lipinski definition) is 2. The van der Waals surface area contributed by atoms with Crippen molar-refractivity contribution in [2.45, 2.75) is 6.92 Å². The lowest BCUT2D eigenvalue weighted by molar-refractivity contribution is 1.03. The molecule has 0 spiro atoms. The Morgan fingerprint density at radius 2 is 1.81 bits per heavy atom. The van der Waals surface area contributed by atoms with Gasteiger partial charge < -0.3 is 0 Å². The van der Waals surface area contributed by atoms with E-state index in [0.29, 0.717) is 26.3 Å². The van der Waals surface area contributed by atoms with Gasteiger partial charge in [0.1, 0.15) is 0 Å². The first-order valence-electron chi connectivity index (χ1n) is 6.27. The molecule has 0 fully saturated rings. The van der Waals surface area contributed by atoms with E-state index in [0.717, 1.165) is 11.1 Å². The summed E-state index contributed by atoms with van der Waals surface area (Å²) in [6.07, 6.45) is 0. The number of rotatable bonds is 2. The number of nitrogens with one attached hydrogen (secondary N) is 1. The molecule has 3 rings (SSSR count). The average molecular weight is 336 g/mol. The summed E-state index contributed by atoms with van der Waals surface area (Å²) in [4.78, 5) is 0. The van der Waals surface area contributed by atoms with Gasteiger partial charge in [-0.05, 0) is 36.8 Å². The molecule has 6 heteroatoms. The van der Waals surface area contributed by atoms with Crippen LogP contribution in [0.25, 0.3) is 17.1 Å². The van der Waals surface area contributed by atoms with E-state index in [1.54, 1.807) is 10.6 Å². The zero-order valence-corrected chi connectivity index (χ0v) is 13.4. The molecule has 0 unspecified atom stereocenters. The van der Waals surface area contributed by atoms with Crippen molar-refractivity contribution < 1.29 is 0 Å². The van der Waals surface area contributed by atoms with Crippen LogP contribution in [-0.4, -0.2) is 14.8 Å². The molecule has 0 aliphatic heterocycles. The van der Waals surface area contributed by atoms with Crippen molar-refractivity contribution in [2.75, 3.05) is 0 Å². The van der Waals surface area contributed by atoms with Gasteiger partial charge in [-0.3, -0.25) is 9.67 Å². The van der Waals surface area contributed by atoms with Crippen LogP contribution in [0.5, 0.6) is 0 Å². The van der Waals surface area contributed by atoms with Crippen molar-refractivity contribution in [3.05, 3.63) is 62.8 Å². The first-order valence-corrected chi connectivity index (χ1v) is 7.43. The van der Waals surface area contributed by atoms with E-state index in [1.165, 1.54) is 0 Å². The standard InChI is InChI=1S/C15H11Cl2N3S/c1-9-7-12(17)13(8-11(9)16)20-14(18-19-15(20)21)10-5-3-2-4-6-10/h2-8H,1H3,(H,19,21). The highest BCUT2D eigenvalue weighted by Crippen LogP contribution is 2.30. The van der Waals surface area contributed by atoms with Crippen LogP contribution in [0.4, 0.5) is 0 Å². The van der Waals surface area contributed by atoms with Gasteiger partial charge in [0.2, 0.25) is 0 Å². The Balaban J connectivity index is 2.27. The maximum atomic E-state index is 6.36. The highest BCUT2D eigenvalue weighted by atomic mass is 35.5. The van der Waals surface area contributed by atoms with Gasteiger partial charge >= 0.3 is 0 Å². The second-order valence-corrected chi connectivity index (χ2v) is 5.81. The smallest absolute Gasteiger partial charge is 0.200 e. The first kappa shape index (κ1) is 14.3. The molecule has 3 aromatic rings. The Labute approximate surface area is 137 Å². The number of aromatic amines is 1. The van der Waals surface area contributed by atoms with Crippen LogP contribution in [0.1, 0.15) is 5.56 Å². The minimum absolute atomic E-state index is 0.468. The van der Waals surface area contributed by atoms with Crippen LogP contribution in [0, 0.1) is 11.7 Å². The number of hydrogen-bond donors (Lipinski definition) is 1. The number of nitrogens with zero attached hydrogens (tertiary/aromatic N) is 2. The minimum atomic E-state index is 0.468. The minimum Gasteiger partial charge on any atom is -0.267 e. The van der Waals surface area contributed by atoms with Crippen LogP contribution < -0.4 is 0 Å². The molecule has 0 atom stereocenters. The SMILES string of the molecule is Cc1cc(Cl)c(-n2c(-c3ccccc3)n[nH]c2=S)cc1Cl. The van der Waals surface area contributed by atoms with Crippen molar-refractivity contribution in [1.82, 2.24) is 14.8 Å². The fourth-order valence-electron chi connectivity index (χ4n) is 2.11. The molecular weight excluding hydrogens is 325 g/mol. The molecule has 2 aromatic carbocycles. The maximum Gasteiger partial charge on any atom is 0.200 e. The lowest BCUT2D eigenvalue weighted by Gasteiger charge is -2.11. The van der Waals surface area contributed by atoms with Crippen LogP contribution in [0.15, 0.2) is 42.5 Å². The molecule has 0 saturated heterocycles. The van der Waals surface area contributed by atoms with Gasteiger partial charge in [0.05, 0.1) is 10.7 Å². The van der Waals surface area contributed by atoms with Crippen molar-refractivity contribution in [2.24, 2.45) is 0 Å². The Kier molecular flexibility index (Phi) is 3.85. The number of aryl methyl sites for hydroxylation is 1. The fraction of sp³-hybridized carbons (Fsp3) is 0.0667. The van der Waals surface area contributed by atoms with Crippen LogP contribution in [-0.2, 0) is 0 Å². The molecule has 1 aromatic heterocycles. The second kappa shape index (κ2) is 5.64. The first-order chi connectivity index (χ1) is 10.1. The molecule has 1 heterocycles. The average Bonchev–Trinajstić information content (AvgIpc) is 2.85. The van der Waals surface area contributed by atoms with Gasteiger partial charge in [-0.2, -0.15) is 5.10 Å². The highest BCUT2D eigenvalue weighted by molar-refractivity contribution is 7.71. The number of benzene rings is 2. The fourth-order valence-corrected chi connectivity index (χ4v) is 2.80. The van der Waals surface area contributed by atoms with E-state index in [-0.39, 0.29) is 0 Å². The topological polar surface area (TPSA) is 33.6 Å². The summed E-state index contributed by atoms with van der Waals surface area (Å²) in [5, 5.41) is 8.32. The summed E-state index contributed by atoms with van der Waals surface area (Å²) < 4.78 is 2.26. The van der Waals surface area contributed by atoms with Crippen molar-refractivity contribution in [3.63, 3.8) is 0 Å². The Morgan fingerprint density at radius 1 is 1.10 bits per heavy atom. The molecule has 0 aliphatic carbocycles. The van der Waals surface area contributed by atoms with E-state index in [4.69, 9.17) is 35.4 Å².